The van der Waals surface area contributed by atoms with Crippen LogP contribution in [0.15, 0.2) is 43.0 Å². The molecular weight excluding hydrogens is 436 g/mol. The van der Waals surface area contributed by atoms with Gasteiger partial charge in [0.2, 0.25) is 0 Å². The highest BCUT2D eigenvalue weighted by Gasteiger charge is 2.20. The van der Waals surface area contributed by atoms with Crippen LogP contribution >= 0.6 is 22.9 Å². The van der Waals surface area contributed by atoms with Crippen molar-refractivity contribution in [2.75, 3.05) is 17.7 Å². The van der Waals surface area contributed by atoms with Gasteiger partial charge in [0.25, 0.3) is 0 Å². The number of carbonyl (C=O) groups excluding carboxylic acids is 1. The number of amides is 2. The first-order valence-corrected chi connectivity index (χ1v) is 10.6. The predicted octanol–water partition coefficient (Wildman–Crippen LogP) is 5.46. The van der Waals surface area contributed by atoms with Crippen LogP contribution in [0.25, 0.3) is 21.6 Å². The molecule has 1 aromatic carbocycles. The second-order valence-corrected chi connectivity index (χ2v) is 8.30. The van der Waals surface area contributed by atoms with Crippen molar-refractivity contribution in [2.45, 2.75) is 20.0 Å². The standard InChI is InChI=1S/C21H19ClN6O2S/c1-11(30-3)18-17(10-25-20-19(18)26-12(2)31-20)28-21(29)27-13-4-5-14(15(22)8-13)16-9-23-6-7-24-16/h4-11H,1-3H3,(H2,27,28,29). The highest BCUT2D eigenvalue weighted by Crippen LogP contribution is 2.34. The lowest BCUT2D eigenvalue weighted by Crippen LogP contribution is -2.21. The van der Waals surface area contributed by atoms with Crippen molar-refractivity contribution < 1.29 is 9.53 Å². The number of nitrogens with one attached hydrogen (secondary N) is 2. The number of benzene rings is 1. The number of aromatic nitrogens is 4. The van der Waals surface area contributed by atoms with Crippen molar-refractivity contribution in [1.29, 1.82) is 0 Å². The lowest BCUT2D eigenvalue weighted by Gasteiger charge is -2.16. The third-order valence-electron chi connectivity index (χ3n) is 4.65. The summed E-state index contributed by atoms with van der Waals surface area (Å²) in [6.45, 7) is 3.82. The van der Waals surface area contributed by atoms with Gasteiger partial charge in [-0.25, -0.2) is 14.8 Å². The Hall–Kier alpha value is -3.14. The van der Waals surface area contributed by atoms with Gasteiger partial charge >= 0.3 is 6.03 Å². The Kier molecular flexibility index (Phi) is 6.08. The second kappa shape index (κ2) is 8.93. The largest absolute Gasteiger partial charge is 0.377 e. The molecule has 0 aliphatic rings. The first kappa shape index (κ1) is 21.1. The molecule has 1 atom stereocenters. The Morgan fingerprint density at radius 1 is 1.19 bits per heavy atom. The molecule has 31 heavy (non-hydrogen) atoms. The minimum atomic E-state index is -0.430. The molecule has 0 aliphatic carbocycles. The number of fused-ring (bicyclic) bond motifs is 1. The summed E-state index contributed by atoms with van der Waals surface area (Å²) >= 11 is 7.88. The average Bonchev–Trinajstić information content (AvgIpc) is 3.14. The molecule has 0 saturated heterocycles. The zero-order valence-corrected chi connectivity index (χ0v) is 18.6. The topological polar surface area (TPSA) is 102 Å². The molecule has 3 aromatic heterocycles. The van der Waals surface area contributed by atoms with E-state index < -0.39 is 6.03 Å². The van der Waals surface area contributed by atoms with E-state index in [1.165, 1.54) is 11.3 Å². The summed E-state index contributed by atoms with van der Waals surface area (Å²) < 4.78 is 5.50. The Labute approximate surface area is 187 Å². The molecule has 0 spiro atoms. The molecule has 2 amide bonds. The van der Waals surface area contributed by atoms with Crippen molar-refractivity contribution in [3.8, 4) is 11.3 Å². The molecule has 0 radical (unpaired) electrons. The first-order chi connectivity index (χ1) is 15.0. The second-order valence-electron chi connectivity index (χ2n) is 6.71. The molecule has 0 fully saturated rings. The van der Waals surface area contributed by atoms with Crippen LogP contribution in [0.4, 0.5) is 16.2 Å². The number of carbonyl (C=O) groups is 1. The lowest BCUT2D eigenvalue weighted by atomic mass is 10.1. The molecule has 158 valence electrons. The molecule has 1 unspecified atom stereocenters. The van der Waals surface area contributed by atoms with Gasteiger partial charge < -0.3 is 15.4 Å². The Balaban J connectivity index is 1.56. The fraction of sp³-hybridized carbons (Fsp3) is 0.190. The van der Waals surface area contributed by atoms with E-state index in [-0.39, 0.29) is 6.10 Å². The lowest BCUT2D eigenvalue weighted by molar-refractivity contribution is 0.121. The van der Waals surface area contributed by atoms with Crippen LogP contribution in [0, 0.1) is 6.92 Å². The SMILES string of the molecule is COC(C)c1c(NC(=O)Nc2ccc(-c3cnccn3)c(Cl)c2)cnc2sc(C)nc12. The van der Waals surface area contributed by atoms with Gasteiger partial charge in [0.15, 0.2) is 0 Å². The highest BCUT2D eigenvalue weighted by atomic mass is 35.5. The maximum atomic E-state index is 12.7. The summed E-state index contributed by atoms with van der Waals surface area (Å²) in [6, 6.07) is 4.77. The Morgan fingerprint density at radius 2 is 2.03 bits per heavy atom. The zero-order valence-electron chi connectivity index (χ0n) is 17.0. The molecular formula is C21H19ClN6O2S. The van der Waals surface area contributed by atoms with E-state index in [0.29, 0.717) is 22.1 Å². The van der Waals surface area contributed by atoms with E-state index in [0.717, 1.165) is 26.5 Å². The summed E-state index contributed by atoms with van der Waals surface area (Å²) in [4.78, 5) is 30.8. The number of nitrogens with zero attached hydrogens (tertiary/aromatic N) is 4. The molecule has 2 N–H and O–H groups in total. The van der Waals surface area contributed by atoms with Crippen molar-refractivity contribution >= 4 is 50.7 Å². The Bertz CT molecular complexity index is 1250. The van der Waals surface area contributed by atoms with Gasteiger partial charge in [0.05, 0.1) is 39.9 Å². The molecule has 4 aromatic rings. The summed E-state index contributed by atoms with van der Waals surface area (Å²) in [5.41, 5.74) is 3.96. The fourth-order valence-electron chi connectivity index (χ4n) is 3.15. The minimum Gasteiger partial charge on any atom is -0.377 e. The van der Waals surface area contributed by atoms with Crippen LogP contribution in [0.5, 0.6) is 0 Å². The average molecular weight is 455 g/mol. The van der Waals surface area contributed by atoms with Crippen molar-refractivity contribution in [1.82, 2.24) is 19.9 Å². The van der Waals surface area contributed by atoms with Gasteiger partial charge in [-0.15, -0.1) is 0 Å². The highest BCUT2D eigenvalue weighted by molar-refractivity contribution is 7.18. The number of ether oxygens (including phenoxy) is 1. The first-order valence-electron chi connectivity index (χ1n) is 9.39. The van der Waals surface area contributed by atoms with Gasteiger partial charge in [0.1, 0.15) is 10.3 Å². The smallest absolute Gasteiger partial charge is 0.323 e. The van der Waals surface area contributed by atoms with E-state index in [2.05, 4.69) is 30.6 Å². The quantitative estimate of drug-likeness (QED) is 0.415. The molecule has 3 heterocycles. The third kappa shape index (κ3) is 4.48. The number of halogens is 1. The fourth-order valence-corrected chi connectivity index (χ4v) is 4.20. The maximum Gasteiger partial charge on any atom is 0.323 e. The van der Waals surface area contributed by atoms with Crippen molar-refractivity contribution in [2.24, 2.45) is 0 Å². The van der Waals surface area contributed by atoms with Gasteiger partial charge in [-0.1, -0.05) is 22.9 Å². The van der Waals surface area contributed by atoms with Crippen LogP contribution in [-0.4, -0.2) is 33.1 Å². The number of hydrogen-bond donors (Lipinski definition) is 2. The molecule has 10 heteroatoms. The van der Waals surface area contributed by atoms with Crippen LogP contribution in [0.1, 0.15) is 23.6 Å². The number of hydrogen-bond acceptors (Lipinski definition) is 7. The number of thiazole rings is 1. The number of pyridine rings is 1. The van der Waals surface area contributed by atoms with E-state index in [1.54, 1.807) is 50.1 Å². The van der Waals surface area contributed by atoms with Crippen molar-refractivity contribution in [3.05, 3.63) is 58.6 Å². The molecule has 0 bridgehead atoms. The van der Waals surface area contributed by atoms with E-state index in [1.807, 2.05) is 13.8 Å². The van der Waals surface area contributed by atoms with Gasteiger partial charge in [-0.2, -0.15) is 0 Å². The number of aryl methyl sites for hydroxylation is 1. The van der Waals surface area contributed by atoms with E-state index in [9.17, 15) is 4.79 Å². The van der Waals surface area contributed by atoms with Crippen LogP contribution < -0.4 is 10.6 Å². The van der Waals surface area contributed by atoms with Crippen LogP contribution in [0.3, 0.4) is 0 Å². The number of rotatable bonds is 5. The number of anilines is 2. The maximum absolute atomic E-state index is 12.7. The third-order valence-corrected chi connectivity index (χ3v) is 5.84. The summed E-state index contributed by atoms with van der Waals surface area (Å²) in [5, 5.41) is 6.99. The molecule has 0 saturated carbocycles. The zero-order chi connectivity index (χ0) is 22.0. The predicted molar refractivity (Wildman–Crippen MR) is 123 cm³/mol. The molecule has 8 nitrogen and oxygen atoms in total. The van der Waals surface area contributed by atoms with Gasteiger partial charge in [-0.05, 0) is 32.0 Å². The number of methoxy groups -OCH3 is 1. The molecule has 0 aliphatic heterocycles. The van der Waals surface area contributed by atoms with Gasteiger partial charge in [-0.3, -0.25) is 9.97 Å². The van der Waals surface area contributed by atoms with Gasteiger partial charge in [0, 0.05) is 36.3 Å². The summed E-state index contributed by atoms with van der Waals surface area (Å²) in [7, 11) is 1.61. The van der Waals surface area contributed by atoms with Crippen LogP contribution in [0.2, 0.25) is 5.02 Å². The number of urea groups is 1. The Morgan fingerprint density at radius 3 is 2.74 bits per heavy atom. The summed E-state index contributed by atoms with van der Waals surface area (Å²) in [5.74, 6) is 0. The minimum absolute atomic E-state index is 0.275. The summed E-state index contributed by atoms with van der Waals surface area (Å²) in [6.07, 6.45) is 6.16. The van der Waals surface area contributed by atoms with Crippen molar-refractivity contribution in [3.63, 3.8) is 0 Å². The normalized spacial score (nSPS) is 12.0. The molecule has 4 rings (SSSR count). The van der Waals surface area contributed by atoms with Crippen LogP contribution in [-0.2, 0) is 4.74 Å². The monoisotopic (exact) mass is 454 g/mol. The van der Waals surface area contributed by atoms with E-state index in [4.69, 9.17) is 16.3 Å². The van der Waals surface area contributed by atoms with E-state index >= 15 is 0 Å².